The second-order valence-electron chi connectivity index (χ2n) is 6.11. The van der Waals surface area contributed by atoms with Gasteiger partial charge in [-0.05, 0) is 31.6 Å². The minimum Gasteiger partial charge on any atom is -0.369 e. The third kappa shape index (κ3) is 4.43. The normalized spacial score (nSPS) is 22.2. The summed E-state index contributed by atoms with van der Waals surface area (Å²) >= 11 is 0. The lowest BCUT2D eigenvalue weighted by molar-refractivity contribution is 0.202. The molecule has 0 radical (unpaired) electrons. The second-order valence-corrected chi connectivity index (χ2v) is 6.11. The molecule has 1 N–H and O–H groups in total. The van der Waals surface area contributed by atoms with Gasteiger partial charge in [0.15, 0.2) is 0 Å². The van der Waals surface area contributed by atoms with Crippen molar-refractivity contribution < 1.29 is 0 Å². The summed E-state index contributed by atoms with van der Waals surface area (Å²) in [5.74, 6) is 0. The van der Waals surface area contributed by atoms with Crippen LogP contribution in [0, 0.1) is 0 Å². The van der Waals surface area contributed by atoms with Crippen molar-refractivity contribution in [2.75, 3.05) is 70.3 Å². The van der Waals surface area contributed by atoms with Crippen molar-refractivity contribution in [3.63, 3.8) is 0 Å². The van der Waals surface area contributed by atoms with E-state index in [0.717, 1.165) is 19.6 Å². The highest BCUT2D eigenvalue weighted by molar-refractivity contribution is 5.46. The zero-order valence-corrected chi connectivity index (χ0v) is 13.0. The molecule has 4 nitrogen and oxygen atoms in total. The molecule has 1 aromatic carbocycles. The molecule has 0 atom stereocenters. The lowest BCUT2D eigenvalue weighted by Crippen LogP contribution is -2.48. The van der Waals surface area contributed by atoms with E-state index < -0.39 is 0 Å². The zero-order valence-electron chi connectivity index (χ0n) is 13.0. The highest BCUT2D eigenvalue weighted by atomic mass is 15.3. The molecule has 21 heavy (non-hydrogen) atoms. The third-order valence-electron chi connectivity index (χ3n) is 4.66. The van der Waals surface area contributed by atoms with E-state index in [4.69, 9.17) is 0 Å². The fourth-order valence-electron chi connectivity index (χ4n) is 3.28. The summed E-state index contributed by atoms with van der Waals surface area (Å²) in [6.45, 7) is 12.0. The van der Waals surface area contributed by atoms with Crippen LogP contribution in [-0.4, -0.2) is 75.2 Å². The van der Waals surface area contributed by atoms with Gasteiger partial charge < -0.3 is 15.1 Å². The van der Waals surface area contributed by atoms with Crippen LogP contribution in [-0.2, 0) is 0 Å². The molecule has 2 saturated heterocycles. The van der Waals surface area contributed by atoms with E-state index in [1.54, 1.807) is 0 Å². The molecule has 0 bridgehead atoms. The molecule has 2 aliphatic heterocycles. The predicted octanol–water partition coefficient (Wildman–Crippen LogP) is 1.10. The number of nitrogens with one attached hydrogen (secondary N) is 1. The Kier molecular flexibility index (Phi) is 5.49. The Labute approximate surface area is 128 Å². The predicted molar refractivity (Wildman–Crippen MR) is 89.0 cm³/mol. The first-order valence-electron chi connectivity index (χ1n) is 8.37. The van der Waals surface area contributed by atoms with Crippen LogP contribution in [0.2, 0.25) is 0 Å². The maximum atomic E-state index is 3.48. The van der Waals surface area contributed by atoms with Gasteiger partial charge in [0.25, 0.3) is 0 Å². The SMILES string of the molecule is c1ccc(N2CCN(CCN3CCCNCC3)CC2)cc1. The van der Waals surface area contributed by atoms with Crippen LogP contribution in [0.25, 0.3) is 0 Å². The first-order valence-corrected chi connectivity index (χ1v) is 8.37. The Bertz CT molecular complexity index is 393. The summed E-state index contributed by atoms with van der Waals surface area (Å²) in [6.07, 6.45) is 1.29. The number of para-hydroxylation sites is 1. The van der Waals surface area contributed by atoms with E-state index in [0.29, 0.717) is 0 Å². The first-order chi connectivity index (χ1) is 10.4. The van der Waals surface area contributed by atoms with E-state index in [-0.39, 0.29) is 0 Å². The topological polar surface area (TPSA) is 21.8 Å². The molecule has 2 heterocycles. The van der Waals surface area contributed by atoms with Crippen molar-refractivity contribution in [1.82, 2.24) is 15.1 Å². The summed E-state index contributed by atoms with van der Waals surface area (Å²) in [5.41, 5.74) is 1.37. The largest absolute Gasteiger partial charge is 0.369 e. The molecule has 3 rings (SSSR count). The summed E-state index contributed by atoms with van der Waals surface area (Å²) in [7, 11) is 0. The average Bonchev–Trinajstić information content (AvgIpc) is 2.83. The van der Waals surface area contributed by atoms with E-state index in [1.807, 2.05) is 0 Å². The monoisotopic (exact) mass is 288 g/mol. The number of rotatable bonds is 4. The van der Waals surface area contributed by atoms with Gasteiger partial charge in [-0.3, -0.25) is 4.90 Å². The van der Waals surface area contributed by atoms with Crippen molar-refractivity contribution in [3.8, 4) is 0 Å². The van der Waals surface area contributed by atoms with Gasteiger partial charge in [-0.1, -0.05) is 18.2 Å². The Hall–Kier alpha value is -1.10. The Morgan fingerprint density at radius 3 is 2.24 bits per heavy atom. The smallest absolute Gasteiger partial charge is 0.0367 e. The lowest BCUT2D eigenvalue weighted by Gasteiger charge is -2.37. The van der Waals surface area contributed by atoms with Gasteiger partial charge in [0.05, 0.1) is 0 Å². The minimum atomic E-state index is 1.15. The molecule has 4 heteroatoms. The van der Waals surface area contributed by atoms with E-state index in [9.17, 15) is 0 Å². The molecule has 116 valence electrons. The summed E-state index contributed by atoms with van der Waals surface area (Å²) in [5, 5.41) is 3.48. The highest BCUT2D eigenvalue weighted by Crippen LogP contribution is 2.15. The zero-order chi connectivity index (χ0) is 14.3. The number of anilines is 1. The standard InChI is InChI=1S/C17H28N4/c1-2-5-17(6-3-1)21-15-13-20(14-16-21)12-11-19-9-4-7-18-8-10-19/h1-3,5-6,18H,4,7-16H2. The van der Waals surface area contributed by atoms with Gasteiger partial charge in [-0.2, -0.15) is 0 Å². The molecule has 0 amide bonds. The Morgan fingerprint density at radius 2 is 1.48 bits per heavy atom. The van der Waals surface area contributed by atoms with Crippen molar-refractivity contribution in [2.24, 2.45) is 0 Å². The maximum absolute atomic E-state index is 3.48. The molecular formula is C17H28N4. The van der Waals surface area contributed by atoms with Gasteiger partial charge in [0.1, 0.15) is 0 Å². The van der Waals surface area contributed by atoms with Gasteiger partial charge in [0, 0.05) is 58.0 Å². The average molecular weight is 288 g/mol. The van der Waals surface area contributed by atoms with Crippen LogP contribution in [0.5, 0.6) is 0 Å². The highest BCUT2D eigenvalue weighted by Gasteiger charge is 2.17. The van der Waals surface area contributed by atoms with Crippen LogP contribution in [0.3, 0.4) is 0 Å². The molecule has 0 saturated carbocycles. The fraction of sp³-hybridized carbons (Fsp3) is 0.647. The maximum Gasteiger partial charge on any atom is 0.0367 e. The minimum absolute atomic E-state index is 1.15. The summed E-state index contributed by atoms with van der Waals surface area (Å²) in [6, 6.07) is 10.8. The van der Waals surface area contributed by atoms with Gasteiger partial charge in [0.2, 0.25) is 0 Å². The molecule has 0 unspecified atom stereocenters. The number of hydrogen-bond acceptors (Lipinski definition) is 4. The third-order valence-corrected chi connectivity index (χ3v) is 4.66. The van der Waals surface area contributed by atoms with Gasteiger partial charge in [-0.15, -0.1) is 0 Å². The van der Waals surface area contributed by atoms with Crippen molar-refractivity contribution in [1.29, 1.82) is 0 Å². The molecule has 0 aliphatic carbocycles. The molecule has 2 aliphatic rings. The summed E-state index contributed by atoms with van der Waals surface area (Å²) < 4.78 is 0. The first kappa shape index (κ1) is 14.8. The van der Waals surface area contributed by atoms with Crippen molar-refractivity contribution in [2.45, 2.75) is 6.42 Å². The van der Waals surface area contributed by atoms with Crippen LogP contribution >= 0.6 is 0 Å². The van der Waals surface area contributed by atoms with Gasteiger partial charge in [-0.25, -0.2) is 0 Å². The quantitative estimate of drug-likeness (QED) is 0.896. The van der Waals surface area contributed by atoms with Crippen LogP contribution < -0.4 is 10.2 Å². The lowest BCUT2D eigenvalue weighted by atomic mass is 10.2. The number of piperazine rings is 1. The van der Waals surface area contributed by atoms with Gasteiger partial charge >= 0.3 is 0 Å². The number of benzene rings is 1. The number of hydrogen-bond donors (Lipinski definition) is 1. The molecule has 1 aromatic rings. The fourth-order valence-corrected chi connectivity index (χ4v) is 3.28. The molecule has 0 spiro atoms. The van der Waals surface area contributed by atoms with Crippen LogP contribution in [0.4, 0.5) is 5.69 Å². The molecule has 0 aromatic heterocycles. The van der Waals surface area contributed by atoms with Crippen molar-refractivity contribution >= 4 is 5.69 Å². The molecule has 2 fully saturated rings. The Morgan fingerprint density at radius 1 is 0.762 bits per heavy atom. The number of nitrogens with zero attached hydrogens (tertiary/aromatic N) is 3. The van der Waals surface area contributed by atoms with E-state index >= 15 is 0 Å². The molecular weight excluding hydrogens is 260 g/mol. The van der Waals surface area contributed by atoms with E-state index in [1.165, 1.54) is 57.9 Å². The second kappa shape index (κ2) is 7.78. The summed E-state index contributed by atoms with van der Waals surface area (Å²) in [4.78, 5) is 7.74. The van der Waals surface area contributed by atoms with Crippen molar-refractivity contribution in [3.05, 3.63) is 30.3 Å². The van der Waals surface area contributed by atoms with Crippen LogP contribution in [0.1, 0.15) is 6.42 Å². The Balaban J connectivity index is 1.39. The van der Waals surface area contributed by atoms with Crippen LogP contribution in [0.15, 0.2) is 30.3 Å². The van der Waals surface area contributed by atoms with E-state index in [2.05, 4.69) is 50.3 Å².